The maximum atomic E-state index is 12.9. The molecule has 0 bridgehead atoms. The van der Waals surface area contributed by atoms with Crippen LogP contribution in [0.1, 0.15) is 49.0 Å². The number of nitrogens with one attached hydrogen (secondary N) is 1. The zero-order chi connectivity index (χ0) is 19.3. The third-order valence-corrected chi connectivity index (χ3v) is 5.64. The molecular weight excluding hydrogens is 354 g/mol. The first kappa shape index (κ1) is 17.2. The number of fused-ring (bicyclic) bond motifs is 1. The van der Waals surface area contributed by atoms with Gasteiger partial charge in [-0.15, -0.1) is 0 Å². The Morgan fingerprint density at radius 2 is 1.96 bits per heavy atom. The summed E-state index contributed by atoms with van der Waals surface area (Å²) in [5.74, 6) is 0.277. The van der Waals surface area contributed by atoms with E-state index in [0.29, 0.717) is 23.0 Å². The molecule has 1 amide bonds. The van der Waals surface area contributed by atoms with Crippen LogP contribution in [0.3, 0.4) is 0 Å². The molecule has 0 radical (unpaired) electrons. The molecule has 2 aliphatic rings. The average molecular weight is 377 g/mol. The molecule has 1 N–H and O–H groups in total. The van der Waals surface area contributed by atoms with E-state index in [-0.39, 0.29) is 24.1 Å². The van der Waals surface area contributed by atoms with Crippen molar-refractivity contribution < 1.29 is 4.79 Å². The fraction of sp³-hybridized carbons (Fsp3) is 0.429. The van der Waals surface area contributed by atoms with E-state index >= 15 is 0 Å². The molecule has 2 aliphatic carbocycles. The van der Waals surface area contributed by atoms with Gasteiger partial charge in [-0.05, 0) is 44.1 Å². The Labute approximate surface area is 162 Å². The third-order valence-electron chi connectivity index (χ3n) is 5.64. The first-order valence-electron chi connectivity index (χ1n) is 9.91. The van der Waals surface area contributed by atoms with Gasteiger partial charge in [0.25, 0.3) is 5.56 Å². The summed E-state index contributed by atoms with van der Waals surface area (Å²) < 4.78 is 3.15. The summed E-state index contributed by atoms with van der Waals surface area (Å²) in [6, 6.07) is 10.4. The first-order valence-corrected chi connectivity index (χ1v) is 9.91. The standard InChI is InChI=1S/C21H23N5O2/c1-13-19-17(26(24-13)16-9-10-16)11-22-25(21(19)28)12-18(27)23-20(15-7-8-15)14-5-3-2-4-6-14/h2-6,11,15-16,20H,7-10,12H2,1H3,(H,23,27). The predicted octanol–water partition coefficient (Wildman–Crippen LogP) is 2.50. The largest absolute Gasteiger partial charge is 0.347 e. The van der Waals surface area contributed by atoms with Crippen LogP contribution in [-0.2, 0) is 11.3 Å². The van der Waals surface area contributed by atoms with Crippen molar-refractivity contribution in [2.45, 2.75) is 51.2 Å². The molecule has 1 atom stereocenters. The number of aromatic nitrogens is 4. The summed E-state index contributed by atoms with van der Waals surface area (Å²) in [5.41, 5.74) is 2.32. The van der Waals surface area contributed by atoms with E-state index in [1.54, 1.807) is 6.20 Å². The lowest BCUT2D eigenvalue weighted by atomic mass is 10.0. The van der Waals surface area contributed by atoms with Crippen molar-refractivity contribution in [2.24, 2.45) is 5.92 Å². The minimum Gasteiger partial charge on any atom is -0.347 e. The highest BCUT2D eigenvalue weighted by Gasteiger charge is 2.33. The van der Waals surface area contributed by atoms with Crippen molar-refractivity contribution >= 4 is 16.8 Å². The maximum Gasteiger partial charge on any atom is 0.278 e. The molecule has 2 saturated carbocycles. The fourth-order valence-electron chi connectivity index (χ4n) is 3.89. The summed E-state index contributed by atoms with van der Waals surface area (Å²) in [4.78, 5) is 25.6. The molecule has 5 rings (SSSR count). The summed E-state index contributed by atoms with van der Waals surface area (Å²) >= 11 is 0. The van der Waals surface area contributed by atoms with Gasteiger partial charge in [0.05, 0.1) is 34.9 Å². The summed E-state index contributed by atoms with van der Waals surface area (Å²) in [6.45, 7) is 1.75. The molecule has 28 heavy (non-hydrogen) atoms. The van der Waals surface area contributed by atoms with Crippen LogP contribution >= 0.6 is 0 Å². The topological polar surface area (TPSA) is 81.8 Å². The van der Waals surface area contributed by atoms with Crippen LogP contribution in [-0.4, -0.2) is 25.5 Å². The lowest BCUT2D eigenvalue weighted by Gasteiger charge is -2.19. The molecule has 7 nitrogen and oxygen atoms in total. The second-order valence-corrected chi connectivity index (χ2v) is 7.92. The van der Waals surface area contributed by atoms with Crippen LogP contribution in [0.25, 0.3) is 10.9 Å². The molecule has 1 unspecified atom stereocenters. The average Bonchev–Trinajstić information content (AvgIpc) is 3.61. The molecule has 0 spiro atoms. The van der Waals surface area contributed by atoms with Gasteiger partial charge in [-0.2, -0.15) is 10.2 Å². The van der Waals surface area contributed by atoms with Gasteiger partial charge in [0.2, 0.25) is 5.91 Å². The van der Waals surface area contributed by atoms with E-state index < -0.39 is 0 Å². The van der Waals surface area contributed by atoms with Gasteiger partial charge in [0.15, 0.2) is 0 Å². The van der Waals surface area contributed by atoms with Crippen LogP contribution in [0, 0.1) is 12.8 Å². The molecule has 2 aromatic heterocycles. The summed E-state index contributed by atoms with van der Waals surface area (Å²) in [6.07, 6.45) is 6.07. The zero-order valence-electron chi connectivity index (χ0n) is 15.8. The number of benzene rings is 1. The molecular formula is C21H23N5O2. The predicted molar refractivity (Wildman–Crippen MR) is 105 cm³/mol. The third kappa shape index (κ3) is 3.10. The number of nitrogens with zero attached hydrogens (tertiary/aromatic N) is 4. The van der Waals surface area contributed by atoms with E-state index in [2.05, 4.69) is 15.5 Å². The Morgan fingerprint density at radius 1 is 1.21 bits per heavy atom. The van der Waals surface area contributed by atoms with E-state index in [9.17, 15) is 9.59 Å². The number of aryl methyl sites for hydroxylation is 1. The first-order chi connectivity index (χ1) is 13.6. The minimum absolute atomic E-state index is 0.00696. The van der Waals surface area contributed by atoms with E-state index in [1.165, 1.54) is 4.68 Å². The molecule has 0 aliphatic heterocycles. The number of hydrogen-bond donors (Lipinski definition) is 1. The van der Waals surface area contributed by atoms with E-state index in [1.807, 2.05) is 41.9 Å². The number of hydrogen-bond acceptors (Lipinski definition) is 4. The quantitative estimate of drug-likeness (QED) is 0.716. The Morgan fingerprint density at radius 3 is 2.64 bits per heavy atom. The maximum absolute atomic E-state index is 12.9. The highest BCUT2D eigenvalue weighted by atomic mass is 16.2. The van der Waals surface area contributed by atoms with Crippen molar-refractivity contribution in [1.82, 2.24) is 24.9 Å². The molecule has 2 heterocycles. The van der Waals surface area contributed by atoms with E-state index in [4.69, 9.17) is 0 Å². The van der Waals surface area contributed by atoms with Crippen LogP contribution in [0.4, 0.5) is 0 Å². The van der Waals surface area contributed by atoms with Crippen molar-refractivity contribution in [3.63, 3.8) is 0 Å². The highest BCUT2D eigenvalue weighted by molar-refractivity contribution is 5.81. The minimum atomic E-state index is -0.250. The number of rotatable bonds is 6. The molecule has 144 valence electrons. The van der Waals surface area contributed by atoms with Crippen molar-refractivity contribution in [1.29, 1.82) is 0 Å². The molecule has 3 aromatic rings. The van der Waals surface area contributed by atoms with Gasteiger partial charge in [0.1, 0.15) is 6.54 Å². The molecule has 7 heteroatoms. The summed E-state index contributed by atoms with van der Waals surface area (Å²) in [5, 5.41) is 12.4. The van der Waals surface area contributed by atoms with Crippen LogP contribution in [0.15, 0.2) is 41.3 Å². The SMILES string of the molecule is Cc1nn(C2CC2)c2cnn(CC(=O)NC(c3ccccc3)C3CC3)c(=O)c12. The lowest BCUT2D eigenvalue weighted by Crippen LogP contribution is -2.36. The monoisotopic (exact) mass is 377 g/mol. The number of carbonyl (C=O) groups is 1. The van der Waals surface area contributed by atoms with Gasteiger partial charge in [0, 0.05) is 0 Å². The highest BCUT2D eigenvalue weighted by Crippen LogP contribution is 2.41. The van der Waals surface area contributed by atoms with Gasteiger partial charge in [-0.25, -0.2) is 4.68 Å². The smallest absolute Gasteiger partial charge is 0.278 e. The molecule has 2 fully saturated rings. The Balaban J connectivity index is 1.39. The van der Waals surface area contributed by atoms with Crippen LogP contribution < -0.4 is 10.9 Å². The van der Waals surface area contributed by atoms with Gasteiger partial charge in [-0.3, -0.25) is 14.3 Å². The van der Waals surface area contributed by atoms with Crippen molar-refractivity contribution in [2.75, 3.05) is 0 Å². The van der Waals surface area contributed by atoms with Gasteiger partial charge < -0.3 is 5.32 Å². The lowest BCUT2D eigenvalue weighted by molar-refractivity contribution is -0.122. The van der Waals surface area contributed by atoms with Crippen LogP contribution in [0.5, 0.6) is 0 Å². The zero-order valence-corrected chi connectivity index (χ0v) is 15.8. The second kappa shape index (κ2) is 6.58. The Kier molecular flexibility index (Phi) is 4.03. The van der Waals surface area contributed by atoms with E-state index in [0.717, 1.165) is 36.8 Å². The summed E-state index contributed by atoms with van der Waals surface area (Å²) in [7, 11) is 0. The Hall–Kier alpha value is -2.96. The van der Waals surface area contributed by atoms with Crippen LogP contribution in [0.2, 0.25) is 0 Å². The Bertz CT molecular complexity index is 1090. The second-order valence-electron chi connectivity index (χ2n) is 7.92. The van der Waals surface area contributed by atoms with Crippen molar-refractivity contribution in [3.05, 3.63) is 58.1 Å². The number of amides is 1. The van der Waals surface area contributed by atoms with Crippen molar-refractivity contribution in [3.8, 4) is 0 Å². The number of carbonyl (C=O) groups excluding carboxylic acids is 1. The molecule has 0 saturated heterocycles. The molecule has 1 aromatic carbocycles. The normalized spacial score (nSPS) is 17.6. The fourth-order valence-corrected chi connectivity index (χ4v) is 3.89. The van der Waals surface area contributed by atoms with Gasteiger partial charge in [-0.1, -0.05) is 30.3 Å². The van der Waals surface area contributed by atoms with Gasteiger partial charge >= 0.3 is 0 Å².